The molecule has 0 amide bonds. The number of ether oxygens (including phenoxy) is 2. The van der Waals surface area contributed by atoms with E-state index in [2.05, 4.69) is 29.9 Å². The molecule has 4 atom stereocenters. The number of aliphatic hydroxyl groups excluding tert-OH is 1. The quantitative estimate of drug-likeness (QED) is 0.308. The summed E-state index contributed by atoms with van der Waals surface area (Å²) >= 11 is 0. The normalized spacial score (nSPS) is 24.6. The number of aromatic nitrogens is 2. The molecule has 9 heteroatoms. The number of nitrogens with one attached hydrogen (secondary N) is 2. The molecular weight excluding hydrogens is 393 g/mol. The Balaban J connectivity index is 2.23. The first kappa shape index (κ1) is 23.8. The van der Waals surface area contributed by atoms with Crippen molar-refractivity contribution in [3.63, 3.8) is 0 Å². The number of methoxy groups -OCH3 is 1. The first-order valence-electron chi connectivity index (χ1n) is 9.75. The van der Waals surface area contributed by atoms with E-state index in [0.29, 0.717) is 25.1 Å². The van der Waals surface area contributed by atoms with Crippen molar-refractivity contribution in [2.45, 2.75) is 51.4 Å². The Morgan fingerprint density at radius 2 is 2.14 bits per heavy atom. The Hall–Kier alpha value is -1.44. The maximum Gasteiger partial charge on any atom is 0.330 e. The van der Waals surface area contributed by atoms with Gasteiger partial charge in [-0.05, 0) is 39.8 Å². The van der Waals surface area contributed by atoms with Crippen LogP contribution in [0.15, 0.2) is 27.4 Å². The molecule has 0 spiro atoms. The van der Waals surface area contributed by atoms with Crippen LogP contribution in [0.2, 0.25) is 0 Å². The molecule has 1 aromatic heterocycles. The van der Waals surface area contributed by atoms with Gasteiger partial charge in [-0.25, -0.2) is 4.79 Å². The zero-order chi connectivity index (χ0) is 21.8. The minimum Gasteiger partial charge on any atom is -0.388 e. The Bertz CT molecular complexity index is 881. The number of nitrogens with zero attached hydrogens (tertiary/aromatic N) is 1. The summed E-state index contributed by atoms with van der Waals surface area (Å²) in [6, 6.07) is 0. The van der Waals surface area contributed by atoms with Crippen molar-refractivity contribution in [3.05, 3.63) is 44.2 Å². The molecule has 1 aliphatic heterocycles. The highest BCUT2D eigenvalue weighted by molar-refractivity contribution is 7.72. The molecule has 3 N–H and O–H groups in total. The van der Waals surface area contributed by atoms with Gasteiger partial charge in [0, 0.05) is 32.0 Å². The van der Waals surface area contributed by atoms with Crippen LogP contribution < -0.4 is 16.6 Å². The van der Waals surface area contributed by atoms with Gasteiger partial charge in [-0.15, -0.1) is 13.2 Å². The van der Waals surface area contributed by atoms with Gasteiger partial charge >= 0.3 is 5.69 Å². The molecule has 1 aliphatic rings. The summed E-state index contributed by atoms with van der Waals surface area (Å²) in [7, 11) is 1.48. The molecule has 29 heavy (non-hydrogen) atoms. The number of aromatic amines is 1. The Morgan fingerprint density at radius 3 is 2.72 bits per heavy atom. The molecule has 0 aromatic carbocycles. The lowest BCUT2D eigenvalue weighted by molar-refractivity contribution is -0.0542. The molecule has 0 aliphatic carbocycles. The van der Waals surface area contributed by atoms with Gasteiger partial charge in [-0.2, -0.15) is 0 Å². The number of hydrogen-bond acceptors (Lipinski definition) is 6. The monoisotopic (exact) mass is 427 g/mol. The van der Waals surface area contributed by atoms with E-state index in [1.807, 2.05) is 19.9 Å². The first-order chi connectivity index (χ1) is 13.5. The maximum absolute atomic E-state index is 12.4. The molecule has 0 radical (unpaired) electrons. The molecule has 2 rings (SSSR count). The number of aliphatic hydroxyl groups is 1. The summed E-state index contributed by atoms with van der Waals surface area (Å²) in [5.74, 6) is 0. The van der Waals surface area contributed by atoms with E-state index in [9.17, 15) is 14.7 Å². The molecule has 164 valence electrons. The minimum absolute atomic E-state index is 0.302. The van der Waals surface area contributed by atoms with E-state index >= 15 is 0 Å². The third-order valence-electron chi connectivity index (χ3n) is 4.89. The summed E-state index contributed by atoms with van der Waals surface area (Å²) in [6.07, 6.45) is 6.35. The molecular formula is C20H34N3O5P. The fraction of sp³-hybridized carbons (Fsp3) is 0.650. The number of H-pyrrole nitrogens is 1. The Kier molecular flexibility index (Phi) is 8.26. The second-order valence-corrected chi connectivity index (χ2v) is 12.8. The summed E-state index contributed by atoms with van der Waals surface area (Å²) in [4.78, 5) is 27.0. The van der Waals surface area contributed by atoms with Gasteiger partial charge in [-0.1, -0.05) is 11.6 Å². The Labute approximate surface area is 171 Å². The van der Waals surface area contributed by atoms with E-state index in [0.717, 1.165) is 6.16 Å². The van der Waals surface area contributed by atoms with E-state index in [4.69, 9.17) is 9.47 Å². The van der Waals surface area contributed by atoms with Crippen LogP contribution in [0.5, 0.6) is 0 Å². The van der Waals surface area contributed by atoms with Crippen LogP contribution in [0.4, 0.5) is 0 Å². The lowest BCUT2D eigenvalue weighted by atomic mass is 10.1. The molecule has 1 saturated heterocycles. The second-order valence-electron chi connectivity index (χ2n) is 8.44. The Morgan fingerprint density at radius 1 is 1.45 bits per heavy atom. The van der Waals surface area contributed by atoms with Crippen LogP contribution in [-0.2, 0) is 16.0 Å². The molecule has 8 nitrogen and oxygen atoms in total. The number of rotatable bonds is 9. The highest BCUT2D eigenvalue weighted by atomic mass is 31.2. The molecule has 2 heterocycles. The lowest BCUT2D eigenvalue weighted by Crippen LogP contribution is -2.40. The van der Waals surface area contributed by atoms with E-state index in [1.54, 1.807) is 0 Å². The first-order valence-corrected chi connectivity index (χ1v) is 12.8. The minimum atomic E-state index is -1.27. The van der Waals surface area contributed by atoms with Crippen molar-refractivity contribution in [2.75, 3.05) is 33.1 Å². The van der Waals surface area contributed by atoms with Crippen molar-refractivity contribution in [2.24, 2.45) is 0 Å². The predicted molar refractivity (Wildman–Crippen MR) is 119 cm³/mol. The summed E-state index contributed by atoms with van der Waals surface area (Å²) < 4.78 is 12.8. The van der Waals surface area contributed by atoms with Gasteiger partial charge in [-0.3, -0.25) is 14.3 Å². The topological polar surface area (TPSA) is 106 Å². The van der Waals surface area contributed by atoms with Crippen LogP contribution >= 0.6 is 6.89 Å². The van der Waals surface area contributed by atoms with Crippen molar-refractivity contribution in [3.8, 4) is 0 Å². The van der Waals surface area contributed by atoms with Gasteiger partial charge in [0.25, 0.3) is 5.56 Å². The predicted octanol–water partition coefficient (Wildman–Crippen LogP) is 0.965. The largest absolute Gasteiger partial charge is 0.388 e. The van der Waals surface area contributed by atoms with Crippen LogP contribution in [0, 0.1) is 0 Å². The van der Waals surface area contributed by atoms with Crippen LogP contribution in [-0.4, -0.2) is 72.4 Å². The van der Waals surface area contributed by atoms with Crippen molar-refractivity contribution in [1.82, 2.24) is 14.9 Å². The van der Waals surface area contributed by atoms with E-state index in [-0.39, 0.29) is 0 Å². The number of allylic oxidation sites excluding steroid dienone is 1. The highest BCUT2D eigenvalue weighted by Crippen LogP contribution is 2.39. The average molecular weight is 427 g/mol. The second kappa shape index (κ2) is 10.0. The third kappa shape index (κ3) is 6.52. The summed E-state index contributed by atoms with van der Waals surface area (Å²) in [5.41, 5.74) is 0.552. The van der Waals surface area contributed by atoms with Gasteiger partial charge in [0.2, 0.25) is 0 Å². The summed E-state index contributed by atoms with van der Waals surface area (Å²) in [6.45, 7) is 7.89. The van der Waals surface area contributed by atoms with Crippen LogP contribution in [0.3, 0.4) is 0 Å². The third-order valence-corrected chi connectivity index (χ3v) is 6.36. The van der Waals surface area contributed by atoms with Gasteiger partial charge in [0.1, 0.15) is 12.2 Å². The molecule has 1 unspecified atom stereocenters. The summed E-state index contributed by atoms with van der Waals surface area (Å²) in [5, 5.41) is 13.8. The fourth-order valence-electron chi connectivity index (χ4n) is 3.24. The van der Waals surface area contributed by atoms with Gasteiger partial charge < -0.3 is 19.9 Å². The smallest absolute Gasteiger partial charge is 0.330 e. The van der Waals surface area contributed by atoms with Crippen LogP contribution in [0.25, 0.3) is 0 Å². The van der Waals surface area contributed by atoms with Gasteiger partial charge in [0.15, 0.2) is 6.23 Å². The highest BCUT2D eigenvalue weighted by Gasteiger charge is 2.45. The molecule has 0 saturated carbocycles. The fourth-order valence-corrected chi connectivity index (χ4v) is 4.19. The van der Waals surface area contributed by atoms with E-state index < -0.39 is 42.7 Å². The van der Waals surface area contributed by atoms with Crippen molar-refractivity contribution in [1.29, 1.82) is 0 Å². The molecule has 1 aromatic rings. The average Bonchev–Trinajstić information content (AvgIpc) is 2.93. The van der Waals surface area contributed by atoms with E-state index in [1.165, 1.54) is 23.4 Å². The standard InChI is InChI=1S/C20H34N3O5P/c1-13(2)7-9-21-11-14-12-23(20(26)22-18(14)25)19-17(27-3)16(24)15(28-19)8-10-29(4,5)6/h7,12,15-17,19,21,24H,4,8-11H2,1-3,5-6H3,(H,22,25,26)/t15-,16-,17-,19?/m1/s1. The SMILES string of the molecule is C=P(C)(C)CC[C@H]1OC(n2cc(CNCC=C(C)C)c(=O)[nH]c2=O)[C@H](OC)[C@@H]1O. The van der Waals surface area contributed by atoms with Crippen molar-refractivity contribution < 1.29 is 14.6 Å². The lowest BCUT2D eigenvalue weighted by Gasteiger charge is -2.21. The number of hydrogen-bond donors (Lipinski definition) is 3. The molecule has 1 fully saturated rings. The van der Waals surface area contributed by atoms with Gasteiger partial charge in [0.05, 0.1) is 6.10 Å². The maximum atomic E-state index is 12.4. The zero-order valence-electron chi connectivity index (χ0n) is 18.0. The zero-order valence-corrected chi connectivity index (χ0v) is 18.9. The van der Waals surface area contributed by atoms with Crippen molar-refractivity contribution >= 4 is 13.2 Å². The molecule has 0 bridgehead atoms. The van der Waals surface area contributed by atoms with Crippen LogP contribution in [0.1, 0.15) is 32.1 Å².